The molecule has 1 aliphatic rings. The van der Waals surface area contributed by atoms with Crippen molar-refractivity contribution >= 4 is 44.3 Å². The summed E-state index contributed by atoms with van der Waals surface area (Å²) in [5.41, 5.74) is 4.10. The van der Waals surface area contributed by atoms with Gasteiger partial charge in [0.05, 0.1) is 39.8 Å². The zero-order chi connectivity index (χ0) is 30.4. The van der Waals surface area contributed by atoms with E-state index in [0.717, 1.165) is 54.8 Å². The fraction of sp³-hybridized carbons (Fsp3) is 0.387. The minimum absolute atomic E-state index is 0.130. The molecule has 12 heteroatoms. The first kappa shape index (κ1) is 29.0. The van der Waals surface area contributed by atoms with E-state index in [1.54, 1.807) is 44.2 Å². The number of likely N-dealkylation sites (N-methyl/N-ethyl adjacent to an activating group) is 1. The van der Waals surface area contributed by atoms with Crippen molar-refractivity contribution in [1.29, 1.82) is 0 Å². The number of aliphatic hydroxyl groups is 2. The predicted octanol–water partition coefficient (Wildman–Crippen LogP) is 3.20. The standard InChI is InChI=1S/C31H36FN7O4/c1-33-24-11-19(32)10-20-25-27(39-6-5-17(15-39)14-37(2)7-8-43-4)22(13-34-29(25)36-26(20)24)18-9-21-28(40)23(31(41)42)16-38(3)30(21)35-12-18/h9-13,16-17,31,33,41-42H,5-8,14-15H2,1-4H3,(H,34,36). The zero-order valence-electron chi connectivity index (χ0n) is 24.7. The van der Waals surface area contributed by atoms with Crippen molar-refractivity contribution in [3.8, 4) is 11.1 Å². The highest BCUT2D eigenvalue weighted by Gasteiger charge is 2.29. The molecule has 4 N–H and O–H groups in total. The van der Waals surface area contributed by atoms with Crippen LogP contribution in [0.2, 0.25) is 0 Å². The molecule has 1 aliphatic heterocycles. The van der Waals surface area contributed by atoms with Gasteiger partial charge in [0, 0.05) is 82.5 Å². The number of anilines is 2. The second-order valence-corrected chi connectivity index (χ2v) is 11.3. The van der Waals surface area contributed by atoms with Gasteiger partial charge in [-0.05, 0) is 37.6 Å². The Morgan fingerprint density at radius 3 is 2.79 bits per heavy atom. The van der Waals surface area contributed by atoms with E-state index in [0.29, 0.717) is 40.5 Å². The molecule has 1 saturated heterocycles. The first-order valence-corrected chi connectivity index (χ1v) is 14.3. The number of fused-ring (bicyclic) bond motifs is 4. The molecule has 0 aliphatic carbocycles. The van der Waals surface area contributed by atoms with Gasteiger partial charge in [0.15, 0.2) is 11.7 Å². The van der Waals surface area contributed by atoms with Gasteiger partial charge in [-0.15, -0.1) is 0 Å². The lowest BCUT2D eigenvalue weighted by Gasteiger charge is -2.25. The molecular weight excluding hydrogens is 553 g/mol. The molecule has 4 aromatic heterocycles. The summed E-state index contributed by atoms with van der Waals surface area (Å²) < 4.78 is 21.8. The SMILES string of the molecule is CNc1cc(F)cc2c1[nH]c1ncc(-c3cnc4c(c3)c(=O)c(C(O)O)cn4C)c(N3CCC(CN(C)CCOC)C3)c12. The number of benzene rings is 1. The van der Waals surface area contributed by atoms with Crippen molar-refractivity contribution < 1.29 is 19.3 Å². The van der Waals surface area contributed by atoms with E-state index in [9.17, 15) is 19.4 Å². The third-order valence-corrected chi connectivity index (χ3v) is 8.42. The zero-order valence-corrected chi connectivity index (χ0v) is 24.7. The highest BCUT2D eigenvalue weighted by molar-refractivity contribution is 6.17. The van der Waals surface area contributed by atoms with Crippen LogP contribution in [0, 0.1) is 11.7 Å². The number of aromatic nitrogens is 4. The molecule has 1 unspecified atom stereocenters. The maximum absolute atomic E-state index is 14.9. The highest BCUT2D eigenvalue weighted by atomic mass is 19.1. The largest absolute Gasteiger partial charge is 0.386 e. The molecule has 6 rings (SSSR count). The van der Waals surface area contributed by atoms with E-state index in [1.165, 1.54) is 18.3 Å². The molecule has 1 aromatic carbocycles. The average Bonchev–Trinajstić information content (AvgIpc) is 3.61. The van der Waals surface area contributed by atoms with Gasteiger partial charge in [0.25, 0.3) is 0 Å². The number of methoxy groups -OCH3 is 1. The molecule has 0 spiro atoms. The second-order valence-electron chi connectivity index (χ2n) is 11.3. The van der Waals surface area contributed by atoms with Gasteiger partial charge in [-0.1, -0.05) is 0 Å². The molecule has 43 heavy (non-hydrogen) atoms. The fourth-order valence-corrected chi connectivity index (χ4v) is 6.33. The van der Waals surface area contributed by atoms with Crippen LogP contribution < -0.4 is 15.6 Å². The van der Waals surface area contributed by atoms with Gasteiger partial charge < -0.3 is 39.6 Å². The Labute approximate surface area is 247 Å². The number of halogens is 1. The van der Waals surface area contributed by atoms with Crippen LogP contribution in [0.4, 0.5) is 15.8 Å². The van der Waals surface area contributed by atoms with E-state index in [-0.39, 0.29) is 16.8 Å². The summed E-state index contributed by atoms with van der Waals surface area (Å²) in [5, 5.41) is 24.5. The third kappa shape index (κ3) is 5.20. The van der Waals surface area contributed by atoms with Crippen LogP contribution in [0.15, 0.2) is 41.6 Å². The Kier molecular flexibility index (Phi) is 7.77. The van der Waals surface area contributed by atoms with E-state index in [4.69, 9.17) is 9.72 Å². The number of H-pyrrole nitrogens is 1. The number of aliphatic hydroxyl groups excluding tert-OH is 1. The highest BCUT2D eigenvalue weighted by Crippen LogP contribution is 2.43. The van der Waals surface area contributed by atoms with Gasteiger partial charge in [-0.25, -0.2) is 14.4 Å². The number of rotatable bonds is 9. The molecule has 0 amide bonds. The Morgan fingerprint density at radius 2 is 2.05 bits per heavy atom. The minimum Gasteiger partial charge on any atom is -0.386 e. The van der Waals surface area contributed by atoms with Crippen LogP contribution in [0.5, 0.6) is 0 Å². The van der Waals surface area contributed by atoms with Crippen molar-refractivity contribution in [1.82, 2.24) is 24.4 Å². The van der Waals surface area contributed by atoms with Crippen molar-refractivity contribution in [3.05, 3.63) is 58.4 Å². The Hall–Kier alpha value is -4.10. The number of nitrogens with zero attached hydrogens (tertiary/aromatic N) is 5. The van der Waals surface area contributed by atoms with Gasteiger partial charge in [-0.3, -0.25) is 4.79 Å². The summed E-state index contributed by atoms with van der Waals surface area (Å²) in [6, 6.07) is 4.71. The van der Waals surface area contributed by atoms with Crippen LogP contribution in [0.25, 0.3) is 44.1 Å². The monoisotopic (exact) mass is 589 g/mol. The van der Waals surface area contributed by atoms with Crippen molar-refractivity contribution in [2.75, 3.05) is 64.2 Å². The Morgan fingerprint density at radius 1 is 1.23 bits per heavy atom. The molecule has 226 valence electrons. The fourth-order valence-electron chi connectivity index (χ4n) is 6.33. The number of aromatic amines is 1. The van der Waals surface area contributed by atoms with Gasteiger partial charge >= 0.3 is 0 Å². The summed E-state index contributed by atoms with van der Waals surface area (Å²) in [6.07, 6.45) is 3.91. The molecule has 1 atom stereocenters. The maximum Gasteiger partial charge on any atom is 0.199 e. The molecule has 5 aromatic rings. The average molecular weight is 590 g/mol. The van der Waals surface area contributed by atoms with E-state index >= 15 is 0 Å². The van der Waals surface area contributed by atoms with Crippen molar-refractivity contribution in [2.24, 2.45) is 13.0 Å². The summed E-state index contributed by atoms with van der Waals surface area (Å²) in [5.74, 6) is 0.0440. The molecule has 5 heterocycles. The molecule has 0 radical (unpaired) electrons. The lowest BCUT2D eigenvalue weighted by atomic mass is 10.0. The molecular formula is C31H36FN7O4. The third-order valence-electron chi connectivity index (χ3n) is 8.42. The number of aryl methyl sites for hydroxylation is 1. The normalized spacial score (nSPS) is 15.7. The Bertz CT molecular complexity index is 1890. The topological polar surface area (TPSA) is 132 Å². The van der Waals surface area contributed by atoms with E-state index < -0.39 is 11.7 Å². The van der Waals surface area contributed by atoms with Crippen molar-refractivity contribution in [3.63, 3.8) is 0 Å². The summed E-state index contributed by atoms with van der Waals surface area (Å²) in [4.78, 5) is 30.6. The maximum atomic E-state index is 14.9. The Balaban J connectivity index is 1.55. The van der Waals surface area contributed by atoms with Crippen LogP contribution in [-0.2, 0) is 11.8 Å². The van der Waals surface area contributed by atoms with Crippen LogP contribution >= 0.6 is 0 Å². The van der Waals surface area contributed by atoms with Crippen molar-refractivity contribution in [2.45, 2.75) is 12.7 Å². The lowest BCUT2D eigenvalue weighted by molar-refractivity contribution is -0.0435. The van der Waals surface area contributed by atoms with Crippen LogP contribution in [-0.4, -0.2) is 88.6 Å². The predicted molar refractivity (Wildman–Crippen MR) is 166 cm³/mol. The number of hydrogen-bond donors (Lipinski definition) is 4. The molecule has 0 saturated carbocycles. The summed E-state index contributed by atoms with van der Waals surface area (Å²) >= 11 is 0. The van der Waals surface area contributed by atoms with Gasteiger partial charge in [0.2, 0.25) is 0 Å². The molecule has 11 nitrogen and oxygen atoms in total. The second kappa shape index (κ2) is 11.5. The van der Waals surface area contributed by atoms with Crippen LogP contribution in [0.3, 0.4) is 0 Å². The van der Waals surface area contributed by atoms with Crippen LogP contribution in [0.1, 0.15) is 18.3 Å². The number of hydrogen-bond acceptors (Lipinski definition) is 9. The minimum atomic E-state index is -1.91. The summed E-state index contributed by atoms with van der Waals surface area (Å²) in [7, 11) is 7.25. The molecule has 1 fully saturated rings. The van der Waals surface area contributed by atoms with E-state index in [2.05, 4.69) is 32.1 Å². The number of ether oxygens (including phenoxy) is 1. The first-order valence-electron chi connectivity index (χ1n) is 14.3. The number of nitrogens with one attached hydrogen (secondary N) is 2. The molecule has 0 bridgehead atoms. The van der Waals surface area contributed by atoms with Gasteiger partial charge in [-0.2, -0.15) is 0 Å². The van der Waals surface area contributed by atoms with E-state index in [1.807, 2.05) is 0 Å². The van der Waals surface area contributed by atoms with Gasteiger partial charge in [0.1, 0.15) is 17.1 Å². The quantitative estimate of drug-likeness (QED) is 0.191. The number of pyridine rings is 3. The lowest BCUT2D eigenvalue weighted by Crippen LogP contribution is -2.30. The smallest absolute Gasteiger partial charge is 0.199 e. The first-order chi connectivity index (χ1) is 20.7. The summed E-state index contributed by atoms with van der Waals surface area (Å²) in [6.45, 7) is 4.00.